The van der Waals surface area contributed by atoms with E-state index < -0.39 is 0 Å². The molecule has 0 aliphatic heterocycles. The summed E-state index contributed by atoms with van der Waals surface area (Å²) in [6.07, 6.45) is 0. The van der Waals surface area contributed by atoms with Crippen molar-refractivity contribution in [2.24, 2.45) is 0 Å². The largest absolute Gasteiger partial charge is 0.380 e. The predicted molar refractivity (Wildman–Crippen MR) is 69.9 cm³/mol. The van der Waals surface area contributed by atoms with Gasteiger partial charge in [-0.1, -0.05) is 29.8 Å². The SMILES string of the molecule is N#Cc1ccccc1NCc1ccc(F)cc1Cl. The molecule has 0 bridgehead atoms. The Bertz CT molecular complexity index is 605. The van der Waals surface area contributed by atoms with Crippen molar-refractivity contribution < 1.29 is 4.39 Å². The summed E-state index contributed by atoms with van der Waals surface area (Å²) in [5.41, 5.74) is 2.09. The minimum atomic E-state index is -0.360. The van der Waals surface area contributed by atoms with E-state index in [1.54, 1.807) is 18.2 Å². The van der Waals surface area contributed by atoms with Gasteiger partial charge in [-0.15, -0.1) is 0 Å². The van der Waals surface area contributed by atoms with Crippen molar-refractivity contribution in [2.45, 2.75) is 6.54 Å². The van der Waals surface area contributed by atoms with Crippen LogP contribution in [0.5, 0.6) is 0 Å². The van der Waals surface area contributed by atoms with Gasteiger partial charge in [0.25, 0.3) is 0 Å². The van der Waals surface area contributed by atoms with Crippen LogP contribution in [0.25, 0.3) is 0 Å². The van der Waals surface area contributed by atoms with Gasteiger partial charge in [-0.25, -0.2) is 4.39 Å². The molecule has 4 heteroatoms. The molecule has 0 saturated carbocycles. The Morgan fingerprint density at radius 2 is 2.00 bits per heavy atom. The first-order chi connectivity index (χ1) is 8.70. The van der Waals surface area contributed by atoms with Crippen molar-refractivity contribution in [3.05, 3.63) is 64.4 Å². The predicted octanol–water partition coefficient (Wildman–Crippen LogP) is 3.96. The highest BCUT2D eigenvalue weighted by atomic mass is 35.5. The molecule has 2 aromatic rings. The smallest absolute Gasteiger partial charge is 0.124 e. The number of rotatable bonds is 3. The average molecular weight is 261 g/mol. The molecule has 0 heterocycles. The number of nitrogens with one attached hydrogen (secondary N) is 1. The Hall–Kier alpha value is -2.05. The number of nitrogens with zero attached hydrogens (tertiary/aromatic N) is 1. The lowest BCUT2D eigenvalue weighted by Gasteiger charge is -2.09. The summed E-state index contributed by atoms with van der Waals surface area (Å²) >= 11 is 5.92. The van der Waals surface area contributed by atoms with Gasteiger partial charge in [-0.05, 0) is 29.8 Å². The Morgan fingerprint density at radius 3 is 2.72 bits per heavy atom. The van der Waals surface area contributed by atoms with Crippen LogP contribution in [0, 0.1) is 17.1 Å². The molecule has 1 N–H and O–H groups in total. The van der Waals surface area contributed by atoms with E-state index in [2.05, 4.69) is 11.4 Å². The summed E-state index contributed by atoms with van der Waals surface area (Å²) in [5.74, 6) is -0.360. The Labute approximate surface area is 110 Å². The summed E-state index contributed by atoms with van der Waals surface area (Å²) in [6.45, 7) is 0.442. The molecule has 0 radical (unpaired) electrons. The number of hydrogen-bond acceptors (Lipinski definition) is 2. The summed E-state index contributed by atoms with van der Waals surface area (Å²) in [7, 11) is 0. The maximum atomic E-state index is 12.9. The van der Waals surface area contributed by atoms with Crippen LogP contribution in [0.1, 0.15) is 11.1 Å². The first-order valence-electron chi connectivity index (χ1n) is 5.37. The zero-order valence-corrected chi connectivity index (χ0v) is 10.2. The van der Waals surface area contributed by atoms with Crippen molar-refractivity contribution in [3.8, 4) is 6.07 Å². The molecule has 0 amide bonds. The minimum Gasteiger partial charge on any atom is -0.380 e. The van der Waals surface area contributed by atoms with Crippen LogP contribution in [0.15, 0.2) is 42.5 Å². The highest BCUT2D eigenvalue weighted by Crippen LogP contribution is 2.20. The van der Waals surface area contributed by atoms with Crippen molar-refractivity contribution in [2.75, 3.05) is 5.32 Å². The van der Waals surface area contributed by atoms with Crippen molar-refractivity contribution in [3.63, 3.8) is 0 Å². The van der Waals surface area contributed by atoms with E-state index in [0.29, 0.717) is 17.1 Å². The van der Waals surface area contributed by atoms with Crippen LogP contribution in [-0.4, -0.2) is 0 Å². The fourth-order valence-corrected chi connectivity index (χ4v) is 1.82. The van der Waals surface area contributed by atoms with Crippen molar-refractivity contribution in [1.82, 2.24) is 0 Å². The van der Waals surface area contributed by atoms with E-state index in [-0.39, 0.29) is 5.82 Å². The lowest BCUT2D eigenvalue weighted by Crippen LogP contribution is -2.01. The Morgan fingerprint density at radius 1 is 1.22 bits per heavy atom. The summed E-state index contributed by atoms with van der Waals surface area (Å²) in [4.78, 5) is 0. The maximum absolute atomic E-state index is 12.9. The van der Waals surface area contributed by atoms with Crippen molar-refractivity contribution >= 4 is 17.3 Å². The highest BCUT2D eigenvalue weighted by Gasteiger charge is 2.04. The van der Waals surface area contributed by atoms with Gasteiger partial charge in [-0.2, -0.15) is 5.26 Å². The number of hydrogen-bond donors (Lipinski definition) is 1. The second-order valence-corrected chi connectivity index (χ2v) is 4.15. The van der Waals surface area contributed by atoms with Crippen LogP contribution >= 0.6 is 11.6 Å². The molecule has 0 saturated heterocycles. The quantitative estimate of drug-likeness (QED) is 0.907. The molecule has 0 atom stereocenters. The first-order valence-corrected chi connectivity index (χ1v) is 5.75. The lowest BCUT2D eigenvalue weighted by atomic mass is 10.1. The third-order valence-electron chi connectivity index (χ3n) is 2.53. The van der Waals surface area contributed by atoms with Crippen LogP contribution in [0.4, 0.5) is 10.1 Å². The van der Waals surface area contributed by atoms with E-state index in [0.717, 1.165) is 11.3 Å². The third kappa shape index (κ3) is 2.79. The van der Waals surface area contributed by atoms with Crippen LogP contribution in [0.2, 0.25) is 5.02 Å². The van der Waals surface area contributed by atoms with Gasteiger partial charge in [0.15, 0.2) is 0 Å². The maximum Gasteiger partial charge on any atom is 0.124 e. The number of halogens is 2. The summed E-state index contributed by atoms with van der Waals surface area (Å²) in [6, 6.07) is 13.5. The molecule has 0 aliphatic rings. The van der Waals surface area contributed by atoms with E-state index in [1.807, 2.05) is 12.1 Å². The number of para-hydroxylation sites is 1. The molecular formula is C14H10ClFN2. The van der Waals surface area contributed by atoms with Gasteiger partial charge < -0.3 is 5.32 Å². The molecule has 18 heavy (non-hydrogen) atoms. The van der Waals surface area contributed by atoms with E-state index in [9.17, 15) is 4.39 Å². The fourth-order valence-electron chi connectivity index (χ4n) is 1.59. The molecule has 2 aromatic carbocycles. The molecule has 90 valence electrons. The zero-order valence-electron chi connectivity index (χ0n) is 9.45. The normalized spacial score (nSPS) is 9.83. The molecule has 0 aliphatic carbocycles. The van der Waals surface area contributed by atoms with Crippen LogP contribution in [0.3, 0.4) is 0 Å². The van der Waals surface area contributed by atoms with Gasteiger partial charge in [0.2, 0.25) is 0 Å². The van der Waals surface area contributed by atoms with E-state index >= 15 is 0 Å². The highest BCUT2D eigenvalue weighted by molar-refractivity contribution is 6.31. The van der Waals surface area contributed by atoms with Gasteiger partial charge in [0.1, 0.15) is 11.9 Å². The Kier molecular flexibility index (Phi) is 3.81. The molecule has 0 aromatic heterocycles. The number of anilines is 1. The van der Waals surface area contributed by atoms with E-state index in [4.69, 9.17) is 16.9 Å². The monoisotopic (exact) mass is 260 g/mol. The summed E-state index contributed by atoms with van der Waals surface area (Å²) < 4.78 is 12.9. The molecule has 0 spiro atoms. The molecule has 2 nitrogen and oxygen atoms in total. The van der Waals surface area contributed by atoms with Gasteiger partial charge >= 0.3 is 0 Å². The Balaban J connectivity index is 2.14. The molecule has 0 fully saturated rings. The second-order valence-electron chi connectivity index (χ2n) is 3.75. The first kappa shape index (κ1) is 12.4. The zero-order chi connectivity index (χ0) is 13.0. The topological polar surface area (TPSA) is 35.8 Å². The van der Waals surface area contributed by atoms with Gasteiger partial charge in [0.05, 0.1) is 11.3 Å². The van der Waals surface area contributed by atoms with Crippen LogP contribution < -0.4 is 5.32 Å². The molecule has 2 rings (SSSR count). The van der Waals surface area contributed by atoms with E-state index in [1.165, 1.54) is 12.1 Å². The van der Waals surface area contributed by atoms with Crippen molar-refractivity contribution in [1.29, 1.82) is 5.26 Å². The van der Waals surface area contributed by atoms with Gasteiger partial charge in [0, 0.05) is 11.6 Å². The molecule has 0 unspecified atom stereocenters. The summed E-state index contributed by atoms with van der Waals surface area (Å²) in [5, 5.41) is 12.4. The number of nitriles is 1. The minimum absolute atomic E-state index is 0.360. The number of benzene rings is 2. The van der Waals surface area contributed by atoms with Crippen LogP contribution in [-0.2, 0) is 6.54 Å². The standard InChI is InChI=1S/C14H10ClFN2/c15-13-7-12(16)6-5-11(13)9-18-14-4-2-1-3-10(14)8-17/h1-7,18H,9H2. The molecular weight excluding hydrogens is 251 g/mol. The third-order valence-corrected chi connectivity index (χ3v) is 2.88. The average Bonchev–Trinajstić information content (AvgIpc) is 2.38. The lowest BCUT2D eigenvalue weighted by molar-refractivity contribution is 0.627. The van der Waals surface area contributed by atoms with Gasteiger partial charge in [-0.3, -0.25) is 0 Å². The fraction of sp³-hybridized carbons (Fsp3) is 0.0714. The second kappa shape index (κ2) is 5.52.